The molecule has 0 unspecified atom stereocenters. The monoisotopic (exact) mass is 546 g/mol. The molecule has 0 aromatic heterocycles. The van der Waals surface area contributed by atoms with Crippen molar-refractivity contribution >= 4 is 35.8 Å². The van der Waals surface area contributed by atoms with Gasteiger partial charge in [-0.25, -0.2) is 4.99 Å². The maximum absolute atomic E-state index is 12.6. The van der Waals surface area contributed by atoms with E-state index >= 15 is 0 Å². The second-order valence-electron chi connectivity index (χ2n) is 6.62. The van der Waals surface area contributed by atoms with Gasteiger partial charge in [0.1, 0.15) is 5.75 Å². The Hall–Kier alpha value is -2.43. The van der Waals surface area contributed by atoms with Crippen molar-refractivity contribution in [1.82, 2.24) is 16.0 Å². The molecule has 0 aliphatic carbocycles. The number of hydrogen-bond donors (Lipinski definition) is 3. The molecule has 0 spiro atoms. The van der Waals surface area contributed by atoms with Crippen LogP contribution >= 0.6 is 24.0 Å². The highest BCUT2D eigenvalue weighted by Gasteiger charge is 2.10. The molecule has 170 valence electrons. The van der Waals surface area contributed by atoms with E-state index in [2.05, 4.69) is 25.7 Å². The van der Waals surface area contributed by atoms with Gasteiger partial charge in [0.15, 0.2) is 5.96 Å². The summed E-state index contributed by atoms with van der Waals surface area (Å²) in [5.74, 6) is 0.350. The molecule has 1 amide bonds. The molecule has 9 heteroatoms. The summed E-state index contributed by atoms with van der Waals surface area (Å²) in [5.41, 5.74) is 2.61. The second-order valence-corrected chi connectivity index (χ2v) is 6.62. The van der Waals surface area contributed by atoms with Crippen LogP contribution in [0.15, 0.2) is 53.5 Å². The summed E-state index contributed by atoms with van der Waals surface area (Å²) in [4.78, 5) is 16.5. The van der Waals surface area contributed by atoms with Gasteiger partial charge in [-0.2, -0.15) is 8.78 Å². The molecule has 2 aromatic carbocycles. The maximum Gasteiger partial charge on any atom is 0.387 e. The van der Waals surface area contributed by atoms with Crippen molar-refractivity contribution in [2.75, 3.05) is 19.6 Å². The highest BCUT2D eigenvalue weighted by atomic mass is 127. The number of aryl methyl sites for hydroxylation is 1. The molecule has 0 heterocycles. The molecule has 2 rings (SSSR count). The van der Waals surface area contributed by atoms with Gasteiger partial charge in [-0.15, -0.1) is 24.0 Å². The Balaban J connectivity index is 0.00000480. The second kappa shape index (κ2) is 14.6. The van der Waals surface area contributed by atoms with Crippen molar-refractivity contribution in [2.24, 2.45) is 4.99 Å². The lowest BCUT2D eigenvalue weighted by Gasteiger charge is -2.13. The number of guanidine groups is 1. The Labute approximate surface area is 198 Å². The molecular weight excluding hydrogens is 517 g/mol. The van der Waals surface area contributed by atoms with Gasteiger partial charge in [0.05, 0.1) is 13.1 Å². The van der Waals surface area contributed by atoms with Crippen molar-refractivity contribution < 1.29 is 18.3 Å². The number of carbonyl (C=O) groups is 1. The summed E-state index contributed by atoms with van der Waals surface area (Å²) in [6.45, 7) is 2.17. The number of benzene rings is 2. The van der Waals surface area contributed by atoms with E-state index in [-0.39, 0.29) is 48.7 Å². The minimum Gasteiger partial charge on any atom is -0.434 e. The average Bonchev–Trinajstić information content (AvgIpc) is 2.72. The SMILES string of the molecule is CCNC(=NCc1cc(C)ccc1OC(F)F)NCC(=O)NCCc1ccccc1.I. The number of rotatable bonds is 10. The van der Waals surface area contributed by atoms with Crippen LogP contribution in [0.4, 0.5) is 8.78 Å². The zero-order chi connectivity index (χ0) is 21.8. The molecule has 0 bridgehead atoms. The molecule has 3 N–H and O–H groups in total. The topological polar surface area (TPSA) is 74.8 Å². The lowest BCUT2D eigenvalue weighted by atomic mass is 10.1. The molecule has 0 radical (unpaired) electrons. The number of halogens is 3. The largest absolute Gasteiger partial charge is 0.434 e. The molecule has 31 heavy (non-hydrogen) atoms. The number of aliphatic imine (C=N–C) groups is 1. The van der Waals surface area contributed by atoms with Crippen LogP contribution in [0.3, 0.4) is 0 Å². The van der Waals surface area contributed by atoms with Crippen LogP contribution in [0, 0.1) is 6.92 Å². The van der Waals surface area contributed by atoms with Gasteiger partial charge in [-0.3, -0.25) is 4.79 Å². The van der Waals surface area contributed by atoms with E-state index in [4.69, 9.17) is 0 Å². The summed E-state index contributed by atoms with van der Waals surface area (Å²) in [7, 11) is 0. The van der Waals surface area contributed by atoms with E-state index in [9.17, 15) is 13.6 Å². The van der Waals surface area contributed by atoms with Crippen LogP contribution in [-0.4, -0.2) is 38.1 Å². The molecule has 2 aromatic rings. The number of nitrogens with zero attached hydrogens (tertiary/aromatic N) is 1. The molecule has 0 atom stereocenters. The lowest BCUT2D eigenvalue weighted by Crippen LogP contribution is -2.43. The van der Waals surface area contributed by atoms with E-state index in [1.54, 1.807) is 12.1 Å². The first kappa shape index (κ1) is 26.6. The zero-order valence-corrected chi connectivity index (χ0v) is 20.0. The minimum atomic E-state index is -2.90. The Bertz CT molecular complexity index is 836. The number of hydrogen-bond acceptors (Lipinski definition) is 3. The van der Waals surface area contributed by atoms with Gasteiger partial charge in [0.25, 0.3) is 0 Å². The van der Waals surface area contributed by atoms with E-state index in [1.165, 1.54) is 6.07 Å². The number of amides is 1. The molecule has 0 saturated heterocycles. The van der Waals surface area contributed by atoms with Crippen molar-refractivity contribution in [3.05, 3.63) is 65.2 Å². The minimum absolute atomic E-state index is 0. The Kier molecular flexibility index (Phi) is 12.5. The Morgan fingerprint density at radius 3 is 2.52 bits per heavy atom. The first-order chi connectivity index (χ1) is 14.5. The Morgan fingerprint density at radius 2 is 1.84 bits per heavy atom. The highest BCUT2D eigenvalue weighted by molar-refractivity contribution is 14.0. The first-order valence-electron chi connectivity index (χ1n) is 9.85. The van der Waals surface area contributed by atoms with Crippen molar-refractivity contribution in [2.45, 2.75) is 33.4 Å². The summed E-state index contributed by atoms with van der Waals surface area (Å²) in [6, 6.07) is 14.9. The van der Waals surface area contributed by atoms with Gasteiger partial charge >= 0.3 is 6.61 Å². The quantitative estimate of drug-likeness (QED) is 0.242. The van der Waals surface area contributed by atoms with Gasteiger partial charge < -0.3 is 20.7 Å². The fourth-order valence-electron chi connectivity index (χ4n) is 2.77. The van der Waals surface area contributed by atoms with E-state index in [0.717, 1.165) is 17.5 Å². The highest BCUT2D eigenvalue weighted by Crippen LogP contribution is 2.22. The van der Waals surface area contributed by atoms with Crippen LogP contribution in [-0.2, 0) is 17.8 Å². The molecule has 0 aliphatic heterocycles. The van der Waals surface area contributed by atoms with Crippen LogP contribution in [0.1, 0.15) is 23.6 Å². The summed E-state index contributed by atoms with van der Waals surface area (Å²) in [5, 5.41) is 8.84. The molecular formula is C22H29F2IN4O2. The smallest absolute Gasteiger partial charge is 0.387 e. The first-order valence-corrected chi connectivity index (χ1v) is 9.85. The third-order valence-corrected chi connectivity index (χ3v) is 4.18. The van der Waals surface area contributed by atoms with Crippen LogP contribution in [0.25, 0.3) is 0 Å². The van der Waals surface area contributed by atoms with Gasteiger partial charge in [0.2, 0.25) is 5.91 Å². The fourth-order valence-corrected chi connectivity index (χ4v) is 2.77. The predicted molar refractivity (Wildman–Crippen MR) is 129 cm³/mol. The van der Waals surface area contributed by atoms with Gasteiger partial charge in [0, 0.05) is 18.7 Å². The predicted octanol–water partition coefficient (Wildman–Crippen LogP) is 3.63. The zero-order valence-electron chi connectivity index (χ0n) is 17.7. The molecule has 0 saturated carbocycles. The summed E-state index contributed by atoms with van der Waals surface area (Å²) in [6.07, 6.45) is 0.751. The molecule has 0 fully saturated rings. The average molecular weight is 546 g/mol. The van der Waals surface area contributed by atoms with Crippen LogP contribution in [0.2, 0.25) is 0 Å². The number of ether oxygens (including phenoxy) is 1. The van der Waals surface area contributed by atoms with Crippen LogP contribution < -0.4 is 20.7 Å². The van der Waals surface area contributed by atoms with Gasteiger partial charge in [-0.05, 0) is 31.9 Å². The third-order valence-electron chi connectivity index (χ3n) is 4.18. The van der Waals surface area contributed by atoms with E-state index < -0.39 is 6.61 Å². The fraction of sp³-hybridized carbons (Fsp3) is 0.364. The van der Waals surface area contributed by atoms with Crippen LogP contribution in [0.5, 0.6) is 5.75 Å². The summed E-state index contributed by atoms with van der Waals surface area (Å²) >= 11 is 0. The molecule has 6 nitrogen and oxygen atoms in total. The number of alkyl halides is 2. The van der Waals surface area contributed by atoms with Crippen molar-refractivity contribution in [1.29, 1.82) is 0 Å². The van der Waals surface area contributed by atoms with E-state index in [1.807, 2.05) is 44.2 Å². The lowest BCUT2D eigenvalue weighted by molar-refractivity contribution is -0.119. The number of carbonyl (C=O) groups excluding carboxylic acids is 1. The van der Waals surface area contributed by atoms with Crippen molar-refractivity contribution in [3.63, 3.8) is 0 Å². The van der Waals surface area contributed by atoms with Gasteiger partial charge in [-0.1, -0.05) is 48.0 Å². The summed E-state index contributed by atoms with van der Waals surface area (Å²) < 4.78 is 29.8. The molecule has 0 aliphatic rings. The third kappa shape index (κ3) is 10.4. The van der Waals surface area contributed by atoms with E-state index in [0.29, 0.717) is 24.6 Å². The standard InChI is InChI=1S/C22H28F2N4O2.HI/c1-3-25-22(27-14-18-13-16(2)9-10-19(18)30-21(23)24)28-15-20(29)26-12-11-17-7-5-4-6-8-17;/h4-10,13,21H,3,11-12,14-15H2,1-2H3,(H,26,29)(H2,25,27,28);1H. The Morgan fingerprint density at radius 1 is 1.10 bits per heavy atom. The maximum atomic E-state index is 12.6. The number of nitrogens with one attached hydrogen (secondary N) is 3. The normalized spacial score (nSPS) is 10.9. The van der Waals surface area contributed by atoms with Crippen molar-refractivity contribution in [3.8, 4) is 5.75 Å².